The minimum Gasteiger partial charge on any atom is -0.481 e. The number of ketones is 1. The highest BCUT2D eigenvalue weighted by Crippen LogP contribution is 2.26. The summed E-state index contributed by atoms with van der Waals surface area (Å²) >= 11 is 0. The summed E-state index contributed by atoms with van der Waals surface area (Å²) in [7, 11) is 0. The molecule has 3 aromatic rings. The zero-order chi connectivity index (χ0) is 33.3. The summed E-state index contributed by atoms with van der Waals surface area (Å²) in [5.41, 5.74) is 3.46. The molecule has 0 unspecified atom stereocenters. The largest absolute Gasteiger partial charge is 0.481 e. The fourth-order valence-electron chi connectivity index (χ4n) is 3.93. The first kappa shape index (κ1) is 34.0. The SMILES string of the molecule is CC(C)[C@H](NC(=O)C(=O)NN(c1ccccc1)c1ccccc1)C(=O)N[C@@H](CC(=O)O)C(=O)COc1c(F)c(F)cc(F)c1F. The molecule has 0 fully saturated rings. The molecule has 15 heteroatoms. The van der Waals surface area contributed by atoms with Gasteiger partial charge in [-0.25, -0.2) is 8.78 Å². The predicted molar refractivity (Wildman–Crippen MR) is 151 cm³/mol. The van der Waals surface area contributed by atoms with Crippen LogP contribution >= 0.6 is 0 Å². The lowest BCUT2D eigenvalue weighted by Gasteiger charge is -2.27. The molecule has 0 aliphatic rings. The second-order valence-electron chi connectivity index (χ2n) is 9.85. The number of carbonyl (C=O) groups excluding carboxylic acids is 4. The average Bonchev–Trinajstić information content (AvgIpc) is 3.01. The summed E-state index contributed by atoms with van der Waals surface area (Å²) < 4.78 is 59.4. The van der Waals surface area contributed by atoms with Crippen LogP contribution in [0.2, 0.25) is 0 Å². The van der Waals surface area contributed by atoms with E-state index in [-0.39, 0.29) is 6.07 Å². The number of para-hydroxylation sites is 2. The molecule has 11 nitrogen and oxygen atoms in total. The number of aliphatic carboxylic acids is 1. The van der Waals surface area contributed by atoms with Gasteiger partial charge in [0.25, 0.3) is 0 Å². The normalized spacial score (nSPS) is 12.1. The Morgan fingerprint density at radius 3 is 1.78 bits per heavy atom. The van der Waals surface area contributed by atoms with Crippen molar-refractivity contribution in [3.63, 3.8) is 0 Å². The Bertz CT molecular complexity index is 1490. The van der Waals surface area contributed by atoms with Gasteiger partial charge in [0.15, 0.2) is 23.2 Å². The molecule has 0 aliphatic heterocycles. The highest BCUT2D eigenvalue weighted by atomic mass is 19.2. The van der Waals surface area contributed by atoms with Crippen molar-refractivity contribution in [1.29, 1.82) is 0 Å². The standard InChI is InChI=1S/C30H28F4N4O7/c1-16(2)26(36-29(43)30(44)37-38(17-9-5-3-6-10-17)18-11-7-4-8-12-18)28(42)35-21(14-23(40)41)22(39)15-45-27-24(33)19(31)13-20(32)25(27)34/h3-13,16,21,26H,14-15H2,1-2H3,(H,35,42)(H,36,43)(H,37,44)(H,40,41)/t21-,26-/m0/s1. The van der Waals surface area contributed by atoms with E-state index in [0.29, 0.717) is 11.4 Å². The summed E-state index contributed by atoms with van der Waals surface area (Å²) in [6.07, 6.45) is -1.03. The average molecular weight is 633 g/mol. The number of Topliss-reactive ketones (excluding diaryl/α,β-unsaturated/α-hetero) is 1. The lowest BCUT2D eigenvalue weighted by Crippen LogP contribution is -2.57. The van der Waals surface area contributed by atoms with Gasteiger partial charge < -0.3 is 20.5 Å². The van der Waals surface area contributed by atoms with Gasteiger partial charge in [-0.2, -0.15) is 8.78 Å². The number of ether oxygens (including phenoxy) is 1. The number of benzene rings is 3. The Balaban J connectivity index is 1.72. The van der Waals surface area contributed by atoms with Crippen LogP contribution in [0.3, 0.4) is 0 Å². The zero-order valence-electron chi connectivity index (χ0n) is 23.9. The molecule has 0 radical (unpaired) electrons. The molecule has 3 aromatic carbocycles. The molecule has 0 heterocycles. The lowest BCUT2D eigenvalue weighted by atomic mass is 10.0. The van der Waals surface area contributed by atoms with E-state index < -0.39 is 89.5 Å². The zero-order valence-corrected chi connectivity index (χ0v) is 23.9. The van der Waals surface area contributed by atoms with E-state index in [1.807, 2.05) is 0 Å². The van der Waals surface area contributed by atoms with Crippen molar-refractivity contribution >= 4 is 40.8 Å². The number of carboxylic acid groups (broad SMARTS) is 1. The highest BCUT2D eigenvalue weighted by Gasteiger charge is 2.32. The van der Waals surface area contributed by atoms with Crippen molar-refractivity contribution in [3.05, 3.63) is 90.0 Å². The van der Waals surface area contributed by atoms with Crippen LogP contribution < -0.4 is 25.8 Å². The summed E-state index contributed by atoms with van der Waals surface area (Å²) in [6, 6.07) is 13.6. The van der Waals surface area contributed by atoms with Crippen molar-refractivity contribution in [1.82, 2.24) is 16.1 Å². The van der Waals surface area contributed by atoms with Crippen LogP contribution in [0.15, 0.2) is 66.7 Å². The van der Waals surface area contributed by atoms with E-state index in [1.54, 1.807) is 60.7 Å². The number of hydrogen-bond acceptors (Lipinski definition) is 7. The quantitative estimate of drug-likeness (QED) is 0.0971. The van der Waals surface area contributed by atoms with Crippen LogP contribution in [0.25, 0.3) is 0 Å². The molecule has 45 heavy (non-hydrogen) atoms. The third kappa shape index (κ3) is 9.01. The van der Waals surface area contributed by atoms with E-state index in [2.05, 4.69) is 20.8 Å². The maximum Gasteiger partial charge on any atom is 0.328 e. The van der Waals surface area contributed by atoms with E-state index in [9.17, 15) is 46.6 Å². The van der Waals surface area contributed by atoms with Gasteiger partial charge in [0.2, 0.25) is 17.5 Å². The molecule has 0 spiro atoms. The van der Waals surface area contributed by atoms with Crippen LogP contribution in [0.5, 0.6) is 5.75 Å². The molecule has 2 atom stereocenters. The number of hydrogen-bond donors (Lipinski definition) is 4. The highest BCUT2D eigenvalue weighted by molar-refractivity contribution is 6.35. The van der Waals surface area contributed by atoms with Crippen LogP contribution in [-0.2, 0) is 24.0 Å². The number of rotatable bonds is 13. The third-order valence-electron chi connectivity index (χ3n) is 6.20. The fraction of sp³-hybridized carbons (Fsp3) is 0.233. The number of carboxylic acids is 1. The van der Waals surface area contributed by atoms with Crippen LogP contribution in [0.1, 0.15) is 20.3 Å². The van der Waals surface area contributed by atoms with E-state index >= 15 is 0 Å². The van der Waals surface area contributed by atoms with E-state index in [1.165, 1.54) is 18.9 Å². The number of amides is 3. The van der Waals surface area contributed by atoms with Crippen LogP contribution in [-0.4, -0.2) is 53.3 Å². The van der Waals surface area contributed by atoms with Gasteiger partial charge in [-0.05, 0) is 30.2 Å². The van der Waals surface area contributed by atoms with Gasteiger partial charge in [0.1, 0.15) is 18.7 Å². The molecule has 3 amide bonds. The molecule has 0 aromatic heterocycles. The minimum absolute atomic E-state index is 0.0751. The monoisotopic (exact) mass is 632 g/mol. The Morgan fingerprint density at radius 1 is 0.800 bits per heavy atom. The Labute approximate surface area is 254 Å². The van der Waals surface area contributed by atoms with Gasteiger partial charge in [0.05, 0.1) is 17.8 Å². The second-order valence-corrected chi connectivity index (χ2v) is 9.85. The topological polar surface area (TPSA) is 154 Å². The number of nitrogens with zero attached hydrogens (tertiary/aromatic N) is 1. The molecule has 238 valence electrons. The summed E-state index contributed by atoms with van der Waals surface area (Å²) in [5, 5.41) is 14.9. The van der Waals surface area contributed by atoms with E-state index in [4.69, 9.17) is 0 Å². The second kappa shape index (κ2) is 15.3. The molecular weight excluding hydrogens is 604 g/mol. The predicted octanol–water partition coefficient (Wildman–Crippen LogP) is 3.16. The van der Waals surface area contributed by atoms with Crippen LogP contribution in [0.4, 0.5) is 28.9 Å². The van der Waals surface area contributed by atoms with Crippen molar-refractivity contribution in [2.24, 2.45) is 5.92 Å². The molecular formula is C30H28F4N4O7. The molecule has 3 rings (SSSR count). The van der Waals surface area contributed by atoms with E-state index in [0.717, 1.165) is 0 Å². The van der Waals surface area contributed by atoms with Crippen molar-refractivity contribution in [2.45, 2.75) is 32.4 Å². The number of carbonyl (C=O) groups is 5. The number of nitrogens with one attached hydrogen (secondary N) is 3. The molecule has 0 saturated heterocycles. The number of anilines is 2. The third-order valence-corrected chi connectivity index (χ3v) is 6.20. The smallest absolute Gasteiger partial charge is 0.328 e. The molecule has 0 bridgehead atoms. The van der Waals surface area contributed by atoms with Crippen molar-refractivity contribution < 1.29 is 51.4 Å². The first-order chi connectivity index (χ1) is 21.3. The maximum atomic E-state index is 13.9. The summed E-state index contributed by atoms with van der Waals surface area (Å²) in [4.78, 5) is 63.0. The van der Waals surface area contributed by atoms with Gasteiger partial charge in [0, 0.05) is 6.07 Å². The fourth-order valence-corrected chi connectivity index (χ4v) is 3.93. The summed E-state index contributed by atoms with van der Waals surface area (Å²) in [6.45, 7) is 1.69. The minimum atomic E-state index is -1.93. The first-order valence-electron chi connectivity index (χ1n) is 13.3. The van der Waals surface area contributed by atoms with Crippen LogP contribution in [0, 0.1) is 29.2 Å². The van der Waals surface area contributed by atoms with Gasteiger partial charge >= 0.3 is 17.8 Å². The summed E-state index contributed by atoms with van der Waals surface area (Å²) in [5.74, 6) is -16.0. The van der Waals surface area contributed by atoms with Gasteiger partial charge in [-0.15, -0.1) is 0 Å². The first-order valence-corrected chi connectivity index (χ1v) is 13.3. The maximum absolute atomic E-state index is 13.9. The Kier molecular flexibility index (Phi) is 11.6. The Morgan fingerprint density at radius 2 is 1.31 bits per heavy atom. The van der Waals surface area contributed by atoms with Crippen molar-refractivity contribution in [3.8, 4) is 5.75 Å². The molecule has 4 N–H and O–H groups in total. The Hall–Kier alpha value is -5.47. The molecule has 0 saturated carbocycles. The van der Waals surface area contributed by atoms with Gasteiger partial charge in [-0.1, -0.05) is 50.2 Å². The number of halogens is 4. The lowest BCUT2D eigenvalue weighted by molar-refractivity contribution is -0.142. The molecule has 0 aliphatic carbocycles. The van der Waals surface area contributed by atoms with Gasteiger partial charge in [-0.3, -0.25) is 34.4 Å². The number of hydrazine groups is 1. The van der Waals surface area contributed by atoms with Crippen molar-refractivity contribution in [2.75, 3.05) is 11.6 Å².